The summed E-state index contributed by atoms with van der Waals surface area (Å²) in [5, 5.41) is 0. The predicted octanol–water partition coefficient (Wildman–Crippen LogP) is 5.11. The number of hydrogen-bond donors (Lipinski definition) is 0. The average Bonchev–Trinajstić information content (AvgIpc) is 3.22. The lowest BCUT2D eigenvalue weighted by Crippen LogP contribution is -2.38. The van der Waals surface area contributed by atoms with Gasteiger partial charge in [-0.1, -0.05) is 78.7 Å². The van der Waals surface area contributed by atoms with Crippen molar-refractivity contribution < 1.29 is 18.0 Å². The third-order valence-electron chi connectivity index (χ3n) is 7.18. The minimum Gasteiger partial charge on any atom is -0.294 e. The number of fused-ring (bicyclic) bond motifs is 1. The van der Waals surface area contributed by atoms with Crippen molar-refractivity contribution in [3.63, 3.8) is 0 Å². The molecule has 0 aromatic heterocycles. The fourth-order valence-corrected chi connectivity index (χ4v) is 6.84. The SMILES string of the molecule is Cc1ccc(S(=O)(=O)N2C[C@@H]3CCC[C@H](C(=O)c4ccc(-c5ccccc5)cc4)[C@@H]3C2=O)cc1. The molecule has 1 amide bonds. The molecule has 2 fully saturated rings. The van der Waals surface area contributed by atoms with E-state index in [2.05, 4.69) is 0 Å². The van der Waals surface area contributed by atoms with Crippen LogP contribution in [0.2, 0.25) is 0 Å². The molecular weight excluding hydrogens is 446 g/mol. The van der Waals surface area contributed by atoms with Crippen LogP contribution in [-0.4, -0.2) is 31.0 Å². The van der Waals surface area contributed by atoms with Gasteiger partial charge in [0.25, 0.3) is 10.0 Å². The lowest BCUT2D eigenvalue weighted by atomic mass is 9.71. The van der Waals surface area contributed by atoms with E-state index in [0.717, 1.165) is 33.8 Å². The van der Waals surface area contributed by atoms with Crippen molar-refractivity contribution in [3.8, 4) is 11.1 Å². The number of carbonyl (C=O) groups excluding carboxylic acids is 2. The van der Waals surface area contributed by atoms with Gasteiger partial charge in [-0.25, -0.2) is 12.7 Å². The van der Waals surface area contributed by atoms with E-state index in [9.17, 15) is 18.0 Å². The summed E-state index contributed by atoms with van der Waals surface area (Å²) in [7, 11) is -3.94. The van der Waals surface area contributed by atoms with Crippen molar-refractivity contribution in [3.05, 3.63) is 90.0 Å². The van der Waals surface area contributed by atoms with E-state index in [4.69, 9.17) is 0 Å². The van der Waals surface area contributed by atoms with Crippen LogP contribution >= 0.6 is 0 Å². The van der Waals surface area contributed by atoms with Crippen molar-refractivity contribution >= 4 is 21.7 Å². The molecule has 0 spiro atoms. The molecule has 1 aliphatic carbocycles. The van der Waals surface area contributed by atoms with Gasteiger partial charge < -0.3 is 0 Å². The van der Waals surface area contributed by atoms with Gasteiger partial charge in [-0.05, 0) is 48.9 Å². The normalized spacial score (nSPS) is 22.4. The summed E-state index contributed by atoms with van der Waals surface area (Å²) in [5.41, 5.74) is 3.61. The molecule has 0 bridgehead atoms. The molecule has 0 radical (unpaired) electrons. The topological polar surface area (TPSA) is 71.5 Å². The molecule has 5 rings (SSSR count). The van der Waals surface area contributed by atoms with E-state index in [1.165, 1.54) is 12.1 Å². The number of nitrogens with zero attached hydrogens (tertiary/aromatic N) is 1. The van der Waals surface area contributed by atoms with Crippen molar-refractivity contribution in [2.45, 2.75) is 31.1 Å². The van der Waals surface area contributed by atoms with Crippen LogP contribution in [-0.2, 0) is 14.8 Å². The Morgan fingerprint density at radius 3 is 2.18 bits per heavy atom. The Balaban J connectivity index is 1.39. The molecule has 174 valence electrons. The maximum Gasteiger partial charge on any atom is 0.266 e. The van der Waals surface area contributed by atoms with Crippen LogP contribution in [0.4, 0.5) is 0 Å². The summed E-state index contributed by atoms with van der Waals surface area (Å²) >= 11 is 0. The number of ketones is 1. The summed E-state index contributed by atoms with van der Waals surface area (Å²) in [6, 6.07) is 23.9. The van der Waals surface area contributed by atoms with Gasteiger partial charge in [0.1, 0.15) is 0 Å². The fourth-order valence-electron chi connectivity index (χ4n) is 5.36. The number of Topliss-reactive ketones (excluding diaryl/α,β-unsaturated/α-hetero) is 1. The molecule has 3 aromatic carbocycles. The monoisotopic (exact) mass is 473 g/mol. The third-order valence-corrected chi connectivity index (χ3v) is 8.96. The summed E-state index contributed by atoms with van der Waals surface area (Å²) in [6.45, 7) is 2.03. The van der Waals surface area contributed by atoms with Gasteiger partial charge in [-0.3, -0.25) is 9.59 Å². The van der Waals surface area contributed by atoms with Crippen LogP contribution < -0.4 is 0 Å². The second-order valence-electron chi connectivity index (χ2n) is 9.32. The molecule has 0 unspecified atom stereocenters. The lowest BCUT2D eigenvalue weighted by molar-refractivity contribution is -0.129. The number of sulfonamides is 1. The summed E-state index contributed by atoms with van der Waals surface area (Å²) in [4.78, 5) is 27.0. The molecule has 34 heavy (non-hydrogen) atoms. The minimum atomic E-state index is -3.94. The predicted molar refractivity (Wildman–Crippen MR) is 131 cm³/mol. The van der Waals surface area contributed by atoms with E-state index in [1.54, 1.807) is 12.1 Å². The van der Waals surface area contributed by atoms with Gasteiger partial charge in [0.2, 0.25) is 5.91 Å². The van der Waals surface area contributed by atoms with Gasteiger partial charge in [-0.2, -0.15) is 0 Å². The van der Waals surface area contributed by atoms with Crippen LogP contribution in [0.15, 0.2) is 83.8 Å². The lowest BCUT2D eigenvalue weighted by Gasteiger charge is -2.30. The zero-order chi connectivity index (χ0) is 23.9. The second kappa shape index (κ2) is 8.84. The molecule has 0 N–H and O–H groups in total. The molecule has 1 heterocycles. The summed E-state index contributed by atoms with van der Waals surface area (Å²) < 4.78 is 27.5. The van der Waals surface area contributed by atoms with Crippen LogP contribution in [0.5, 0.6) is 0 Å². The summed E-state index contributed by atoms with van der Waals surface area (Å²) in [6.07, 6.45) is 2.17. The minimum absolute atomic E-state index is 0.0720. The highest BCUT2D eigenvalue weighted by Crippen LogP contribution is 2.44. The molecule has 3 atom stereocenters. The highest BCUT2D eigenvalue weighted by atomic mass is 32.2. The van der Waals surface area contributed by atoms with Gasteiger partial charge in [0.15, 0.2) is 5.78 Å². The zero-order valence-corrected chi connectivity index (χ0v) is 19.9. The van der Waals surface area contributed by atoms with E-state index in [1.807, 2.05) is 61.5 Å². The van der Waals surface area contributed by atoms with Crippen LogP contribution in [0, 0.1) is 24.7 Å². The van der Waals surface area contributed by atoms with E-state index < -0.39 is 27.8 Å². The second-order valence-corrected chi connectivity index (χ2v) is 11.2. The molecule has 1 saturated carbocycles. The Morgan fingerprint density at radius 1 is 0.853 bits per heavy atom. The van der Waals surface area contributed by atoms with Crippen molar-refractivity contribution in [2.75, 3.05) is 6.54 Å². The van der Waals surface area contributed by atoms with Crippen molar-refractivity contribution in [2.24, 2.45) is 17.8 Å². The molecule has 1 aliphatic heterocycles. The van der Waals surface area contributed by atoms with E-state index >= 15 is 0 Å². The van der Waals surface area contributed by atoms with Crippen LogP contribution in [0.3, 0.4) is 0 Å². The standard InChI is InChI=1S/C28H27NO4S/c1-19-10-16-24(17-11-19)34(32,33)29-18-23-8-5-9-25(26(23)28(29)31)27(30)22-14-12-21(13-15-22)20-6-3-2-4-7-20/h2-4,6-7,10-17,23,25-26H,5,8-9,18H2,1H3/t23-,25-,26+/m0/s1. The van der Waals surface area contributed by atoms with Gasteiger partial charge in [-0.15, -0.1) is 0 Å². The number of hydrogen-bond acceptors (Lipinski definition) is 4. The summed E-state index contributed by atoms with van der Waals surface area (Å²) in [5.74, 6) is -1.72. The maximum atomic E-state index is 13.5. The van der Waals surface area contributed by atoms with Crippen molar-refractivity contribution in [1.29, 1.82) is 0 Å². The number of aryl methyl sites for hydroxylation is 1. The fraction of sp³-hybridized carbons (Fsp3) is 0.286. The van der Waals surface area contributed by atoms with E-state index in [-0.39, 0.29) is 23.1 Å². The largest absolute Gasteiger partial charge is 0.294 e. The van der Waals surface area contributed by atoms with Crippen molar-refractivity contribution in [1.82, 2.24) is 4.31 Å². The first-order valence-corrected chi connectivity index (χ1v) is 13.1. The first-order chi connectivity index (χ1) is 16.4. The number of benzene rings is 3. The number of carbonyl (C=O) groups is 2. The molecule has 3 aromatic rings. The Kier molecular flexibility index (Phi) is 5.86. The number of amides is 1. The van der Waals surface area contributed by atoms with Gasteiger partial charge >= 0.3 is 0 Å². The van der Waals surface area contributed by atoms with Crippen LogP contribution in [0.25, 0.3) is 11.1 Å². The van der Waals surface area contributed by atoms with Crippen LogP contribution in [0.1, 0.15) is 35.2 Å². The average molecular weight is 474 g/mol. The third kappa shape index (κ3) is 3.96. The smallest absolute Gasteiger partial charge is 0.266 e. The number of rotatable bonds is 5. The quantitative estimate of drug-likeness (QED) is 0.483. The van der Waals surface area contributed by atoms with Gasteiger partial charge in [0.05, 0.1) is 10.8 Å². The molecule has 5 nitrogen and oxygen atoms in total. The highest BCUT2D eigenvalue weighted by molar-refractivity contribution is 7.89. The molecular formula is C28H27NO4S. The zero-order valence-electron chi connectivity index (χ0n) is 19.1. The molecule has 6 heteroatoms. The highest BCUT2D eigenvalue weighted by Gasteiger charge is 2.52. The first kappa shape index (κ1) is 22.5. The Bertz CT molecular complexity index is 1320. The maximum absolute atomic E-state index is 13.5. The molecule has 1 saturated heterocycles. The van der Waals surface area contributed by atoms with E-state index in [0.29, 0.717) is 12.0 Å². The Hall–Kier alpha value is -3.25. The first-order valence-electron chi connectivity index (χ1n) is 11.7. The molecule has 2 aliphatic rings. The van der Waals surface area contributed by atoms with Gasteiger partial charge in [0, 0.05) is 18.0 Å². The Labute approximate surface area is 200 Å². The Morgan fingerprint density at radius 2 is 1.50 bits per heavy atom.